The summed E-state index contributed by atoms with van der Waals surface area (Å²) in [6.07, 6.45) is 18.0. The van der Waals surface area contributed by atoms with Gasteiger partial charge in [0.25, 0.3) is 0 Å². The summed E-state index contributed by atoms with van der Waals surface area (Å²) in [5.41, 5.74) is 0. The molecule has 1 saturated heterocycles. The molecule has 0 radical (unpaired) electrons. The molecule has 0 aromatic heterocycles. The molecule has 6 nitrogen and oxygen atoms in total. The summed E-state index contributed by atoms with van der Waals surface area (Å²) in [6.45, 7) is 2.74. The van der Waals surface area contributed by atoms with Gasteiger partial charge in [0.05, 0.1) is 12.6 Å². The molecule has 0 amide bonds. The highest BCUT2D eigenvalue weighted by atomic mass is 16.7. The summed E-state index contributed by atoms with van der Waals surface area (Å²) in [7, 11) is 3.64. The van der Waals surface area contributed by atoms with E-state index in [1.165, 1.54) is 70.6 Å². The third kappa shape index (κ3) is 16.2. The quantitative estimate of drug-likeness (QED) is 0.191. The summed E-state index contributed by atoms with van der Waals surface area (Å²) in [5, 5.41) is 0. The summed E-state index contributed by atoms with van der Waals surface area (Å²) in [4.78, 5) is 25.3. The summed E-state index contributed by atoms with van der Waals surface area (Å²) < 4.78 is 16.3. The molecule has 0 aromatic rings. The fourth-order valence-electron chi connectivity index (χ4n) is 3.86. The van der Waals surface area contributed by atoms with E-state index in [1.54, 1.807) is 4.90 Å². The van der Waals surface area contributed by atoms with Crippen LogP contribution in [0.2, 0.25) is 0 Å². The minimum Gasteiger partial charge on any atom is -0.462 e. The third-order valence-corrected chi connectivity index (χ3v) is 5.69. The molecular weight excluding hydrogens is 394 g/mol. The second-order valence-corrected chi connectivity index (χ2v) is 9.17. The Morgan fingerprint density at radius 3 is 1.90 bits per heavy atom. The Labute approximate surface area is 190 Å². The maximum Gasteiger partial charge on any atom is 0.320 e. The van der Waals surface area contributed by atoms with Crippen molar-refractivity contribution in [1.29, 1.82) is 0 Å². The minimum absolute atomic E-state index is 0.180. The van der Waals surface area contributed by atoms with Crippen LogP contribution in [0.25, 0.3) is 0 Å². The molecule has 2 atom stereocenters. The second kappa shape index (κ2) is 18.4. The summed E-state index contributed by atoms with van der Waals surface area (Å²) in [5.74, 6) is -0.449. The number of hydrogen-bond acceptors (Lipinski definition) is 6. The van der Waals surface area contributed by atoms with Crippen LogP contribution in [0.1, 0.15) is 110 Å². The van der Waals surface area contributed by atoms with Gasteiger partial charge in [-0.1, -0.05) is 84.0 Å². The smallest absolute Gasteiger partial charge is 0.320 e. The van der Waals surface area contributed by atoms with Crippen molar-refractivity contribution in [1.82, 2.24) is 4.90 Å². The Bertz CT molecular complexity index is 469. The standard InChI is InChI=1S/C25H47NO5/c1-4-5-6-7-8-9-10-11-12-13-14-15-16-17-23(27)31-25-19-18-22(30-25)21-29-24(28)20-26(2)3/h22,25H,4-21H2,1-3H3/t22-,25-/m0/s1. The van der Waals surface area contributed by atoms with Crippen LogP contribution >= 0.6 is 0 Å². The van der Waals surface area contributed by atoms with E-state index in [2.05, 4.69) is 6.92 Å². The Hall–Kier alpha value is -1.14. The van der Waals surface area contributed by atoms with Crippen LogP contribution in [0.5, 0.6) is 0 Å². The van der Waals surface area contributed by atoms with Crippen LogP contribution < -0.4 is 0 Å². The van der Waals surface area contributed by atoms with Gasteiger partial charge < -0.3 is 14.2 Å². The fraction of sp³-hybridized carbons (Fsp3) is 0.920. The first-order valence-electron chi connectivity index (χ1n) is 12.7. The van der Waals surface area contributed by atoms with Crippen LogP contribution in [-0.4, -0.2) is 56.5 Å². The zero-order chi connectivity index (χ0) is 22.7. The molecule has 1 aliphatic heterocycles. The highest BCUT2D eigenvalue weighted by molar-refractivity contribution is 5.71. The Balaban J connectivity index is 1.90. The zero-order valence-corrected chi connectivity index (χ0v) is 20.4. The van der Waals surface area contributed by atoms with Crippen molar-refractivity contribution in [3.63, 3.8) is 0 Å². The van der Waals surface area contributed by atoms with E-state index in [9.17, 15) is 9.59 Å². The van der Waals surface area contributed by atoms with Crippen molar-refractivity contribution in [2.45, 2.75) is 122 Å². The minimum atomic E-state index is -0.493. The van der Waals surface area contributed by atoms with E-state index >= 15 is 0 Å². The van der Waals surface area contributed by atoms with Crippen molar-refractivity contribution < 1.29 is 23.8 Å². The average Bonchev–Trinajstić information content (AvgIpc) is 3.16. The maximum atomic E-state index is 12.0. The van der Waals surface area contributed by atoms with E-state index in [4.69, 9.17) is 14.2 Å². The first-order valence-corrected chi connectivity index (χ1v) is 12.7. The molecule has 0 aliphatic carbocycles. The molecule has 0 N–H and O–H groups in total. The number of unbranched alkanes of at least 4 members (excludes halogenated alkanes) is 12. The molecule has 6 heteroatoms. The van der Waals surface area contributed by atoms with Gasteiger partial charge in [0, 0.05) is 12.8 Å². The van der Waals surface area contributed by atoms with Crippen molar-refractivity contribution in [3.8, 4) is 0 Å². The normalized spacial score (nSPS) is 18.5. The van der Waals surface area contributed by atoms with E-state index in [-0.39, 0.29) is 31.2 Å². The molecule has 1 fully saturated rings. The van der Waals surface area contributed by atoms with Crippen LogP contribution in [0.4, 0.5) is 0 Å². The predicted molar refractivity (Wildman–Crippen MR) is 124 cm³/mol. The highest BCUT2D eigenvalue weighted by Crippen LogP contribution is 2.22. The SMILES string of the molecule is CCCCCCCCCCCCCCCC(=O)O[C@H]1CC[C@@H](COC(=O)CN(C)C)O1. The summed E-state index contributed by atoms with van der Waals surface area (Å²) >= 11 is 0. The second-order valence-electron chi connectivity index (χ2n) is 9.17. The topological polar surface area (TPSA) is 65.1 Å². The number of rotatable bonds is 19. The number of esters is 2. The first-order chi connectivity index (χ1) is 15.0. The van der Waals surface area contributed by atoms with Gasteiger partial charge in [0.15, 0.2) is 0 Å². The monoisotopic (exact) mass is 441 g/mol. The van der Waals surface area contributed by atoms with Gasteiger partial charge in [-0.05, 0) is 26.9 Å². The average molecular weight is 442 g/mol. The van der Waals surface area contributed by atoms with Gasteiger partial charge in [0.1, 0.15) is 6.61 Å². The molecule has 0 unspecified atom stereocenters. The lowest BCUT2D eigenvalue weighted by atomic mass is 10.0. The molecule has 0 saturated carbocycles. The zero-order valence-electron chi connectivity index (χ0n) is 20.4. The Morgan fingerprint density at radius 2 is 1.35 bits per heavy atom. The molecule has 0 spiro atoms. The molecular formula is C25H47NO5. The first kappa shape index (κ1) is 27.9. The molecule has 0 bridgehead atoms. The summed E-state index contributed by atoms with van der Waals surface area (Å²) in [6, 6.07) is 0. The number of carbonyl (C=O) groups is 2. The lowest BCUT2D eigenvalue weighted by Gasteiger charge is -2.15. The van der Waals surface area contributed by atoms with Gasteiger partial charge in [-0.25, -0.2) is 0 Å². The Kier molecular flexibility index (Phi) is 16.6. The lowest BCUT2D eigenvalue weighted by Crippen LogP contribution is -2.27. The van der Waals surface area contributed by atoms with Crippen LogP contribution in [0, 0.1) is 0 Å². The Morgan fingerprint density at radius 1 is 0.806 bits per heavy atom. The van der Waals surface area contributed by atoms with Crippen molar-refractivity contribution in [3.05, 3.63) is 0 Å². The number of nitrogens with zero attached hydrogens (tertiary/aromatic N) is 1. The van der Waals surface area contributed by atoms with Crippen molar-refractivity contribution in [2.24, 2.45) is 0 Å². The molecule has 182 valence electrons. The van der Waals surface area contributed by atoms with Gasteiger partial charge in [0.2, 0.25) is 6.29 Å². The molecule has 1 aliphatic rings. The van der Waals surface area contributed by atoms with Crippen molar-refractivity contribution >= 4 is 11.9 Å². The van der Waals surface area contributed by atoms with Crippen LogP contribution in [-0.2, 0) is 23.8 Å². The number of likely N-dealkylation sites (N-methyl/N-ethyl adjacent to an activating group) is 1. The van der Waals surface area contributed by atoms with Gasteiger partial charge in [-0.2, -0.15) is 0 Å². The molecule has 31 heavy (non-hydrogen) atoms. The van der Waals surface area contributed by atoms with E-state index in [0.29, 0.717) is 12.8 Å². The molecule has 1 heterocycles. The predicted octanol–water partition coefficient (Wildman–Crippen LogP) is 5.62. The highest BCUT2D eigenvalue weighted by Gasteiger charge is 2.29. The third-order valence-electron chi connectivity index (χ3n) is 5.69. The largest absolute Gasteiger partial charge is 0.462 e. The van der Waals surface area contributed by atoms with E-state index in [0.717, 1.165) is 19.3 Å². The number of hydrogen-bond donors (Lipinski definition) is 0. The van der Waals surface area contributed by atoms with Gasteiger partial charge in [-0.3, -0.25) is 14.5 Å². The lowest BCUT2D eigenvalue weighted by molar-refractivity contribution is -0.180. The van der Waals surface area contributed by atoms with Crippen LogP contribution in [0.15, 0.2) is 0 Å². The number of carbonyl (C=O) groups excluding carboxylic acids is 2. The van der Waals surface area contributed by atoms with Gasteiger partial charge >= 0.3 is 11.9 Å². The van der Waals surface area contributed by atoms with E-state index < -0.39 is 6.29 Å². The number of ether oxygens (including phenoxy) is 3. The maximum absolute atomic E-state index is 12.0. The van der Waals surface area contributed by atoms with E-state index in [1.807, 2.05) is 14.1 Å². The molecule has 1 rings (SSSR count). The van der Waals surface area contributed by atoms with Crippen LogP contribution in [0.3, 0.4) is 0 Å². The van der Waals surface area contributed by atoms with Crippen molar-refractivity contribution in [2.75, 3.05) is 27.2 Å². The molecule has 0 aromatic carbocycles. The fourth-order valence-corrected chi connectivity index (χ4v) is 3.86. The van der Waals surface area contributed by atoms with Gasteiger partial charge in [-0.15, -0.1) is 0 Å².